The summed E-state index contributed by atoms with van der Waals surface area (Å²) in [5, 5.41) is 14.8. The summed E-state index contributed by atoms with van der Waals surface area (Å²) in [5.41, 5.74) is 1.48. The number of para-hydroxylation sites is 1. The molecule has 9 nitrogen and oxygen atoms in total. The minimum atomic E-state index is -0.289. The summed E-state index contributed by atoms with van der Waals surface area (Å²) in [7, 11) is 0. The van der Waals surface area contributed by atoms with Crippen molar-refractivity contribution < 1.29 is 19.1 Å². The number of amides is 2. The Hall–Kier alpha value is -3.83. The van der Waals surface area contributed by atoms with Crippen LogP contribution in [0.25, 0.3) is 5.69 Å². The molecule has 0 aliphatic rings. The Bertz CT molecular complexity index is 1350. The Labute approximate surface area is 233 Å². The molecular weight excluding hydrogens is 570 g/mol. The average molecular weight is 597 g/mol. The fourth-order valence-electron chi connectivity index (χ4n) is 3.38. The van der Waals surface area contributed by atoms with Gasteiger partial charge in [0.15, 0.2) is 17.6 Å². The highest BCUT2D eigenvalue weighted by Gasteiger charge is 2.17. The van der Waals surface area contributed by atoms with Gasteiger partial charge in [0.05, 0.1) is 18.9 Å². The molecule has 3 aromatic carbocycles. The Balaban J connectivity index is 1.40. The Morgan fingerprint density at radius 1 is 0.895 bits per heavy atom. The number of hydrogen-bond donors (Lipinski definition) is 2. The zero-order valence-electron chi connectivity index (χ0n) is 20.6. The zero-order valence-corrected chi connectivity index (χ0v) is 23.0. The van der Waals surface area contributed by atoms with Crippen LogP contribution in [0.4, 0.5) is 5.69 Å². The quantitative estimate of drug-likeness (QED) is 0.225. The summed E-state index contributed by atoms with van der Waals surface area (Å²) >= 11 is 4.70. The molecular formula is C27H26BrN5O4S. The normalized spacial score (nSPS) is 10.6. The summed E-state index contributed by atoms with van der Waals surface area (Å²) < 4.78 is 13.7. The summed E-state index contributed by atoms with van der Waals surface area (Å²) in [6.07, 6.45) is 0. The third-order valence-electron chi connectivity index (χ3n) is 5.12. The number of thioether (sulfide) groups is 1. The molecule has 4 rings (SSSR count). The lowest BCUT2D eigenvalue weighted by molar-refractivity contribution is -0.123. The van der Waals surface area contributed by atoms with Crippen LogP contribution in [-0.2, 0) is 16.1 Å². The fraction of sp³-hybridized carbons (Fsp3) is 0.185. The molecule has 0 bridgehead atoms. The molecule has 0 unspecified atom stereocenters. The van der Waals surface area contributed by atoms with Crippen molar-refractivity contribution in [2.75, 3.05) is 24.3 Å². The SMILES string of the molecule is CCOc1ccc(NC(=O)CSc2nnc(CNC(=O)COc3ccccc3)n2-c2ccc(Br)cc2)cc1. The van der Waals surface area contributed by atoms with Gasteiger partial charge >= 0.3 is 0 Å². The number of rotatable bonds is 12. The maximum atomic E-state index is 12.6. The Morgan fingerprint density at radius 2 is 1.61 bits per heavy atom. The molecule has 0 aliphatic carbocycles. The molecule has 196 valence electrons. The van der Waals surface area contributed by atoms with E-state index in [2.05, 4.69) is 36.8 Å². The molecule has 0 saturated heterocycles. The van der Waals surface area contributed by atoms with Crippen molar-refractivity contribution in [3.05, 3.63) is 89.2 Å². The van der Waals surface area contributed by atoms with E-state index in [9.17, 15) is 9.59 Å². The van der Waals surface area contributed by atoms with Gasteiger partial charge in [0.2, 0.25) is 5.91 Å². The summed E-state index contributed by atoms with van der Waals surface area (Å²) in [4.78, 5) is 25.0. The molecule has 2 amide bonds. The fourth-order valence-corrected chi connectivity index (χ4v) is 4.42. The maximum absolute atomic E-state index is 12.6. The van der Waals surface area contributed by atoms with Crippen molar-refractivity contribution in [1.82, 2.24) is 20.1 Å². The van der Waals surface area contributed by atoms with Crippen LogP contribution in [0, 0.1) is 0 Å². The number of anilines is 1. The van der Waals surface area contributed by atoms with Crippen molar-refractivity contribution >= 4 is 45.2 Å². The number of aromatic nitrogens is 3. The first-order chi connectivity index (χ1) is 18.5. The van der Waals surface area contributed by atoms with Gasteiger partial charge in [-0.2, -0.15) is 0 Å². The first-order valence-electron chi connectivity index (χ1n) is 11.8. The van der Waals surface area contributed by atoms with Crippen LogP contribution in [0.15, 0.2) is 88.5 Å². The van der Waals surface area contributed by atoms with E-state index < -0.39 is 0 Å². The van der Waals surface area contributed by atoms with Crippen LogP contribution < -0.4 is 20.1 Å². The third kappa shape index (κ3) is 7.83. The number of carbonyl (C=O) groups is 2. The van der Waals surface area contributed by atoms with E-state index in [1.54, 1.807) is 24.3 Å². The number of nitrogens with zero attached hydrogens (tertiary/aromatic N) is 3. The minimum Gasteiger partial charge on any atom is -0.494 e. The van der Waals surface area contributed by atoms with Crippen molar-refractivity contribution in [3.63, 3.8) is 0 Å². The van der Waals surface area contributed by atoms with Crippen LogP contribution >= 0.6 is 27.7 Å². The average Bonchev–Trinajstić information content (AvgIpc) is 3.34. The van der Waals surface area contributed by atoms with Gasteiger partial charge in [0.25, 0.3) is 5.91 Å². The van der Waals surface area contributed by atoms with Crippen LogP contribution in [0.1, 0.15) is 12.7 Å². The number of halogens is 1. The predicted molar refractivity (Wildman–Crippen MR) is 150 cm³/mol. The van der Waals surface area contributed by atoms with Gasteiger partial charge in [-0.1, -0.05) is 45.9 Å². The molecule has 0 spiro atoms. The molecule has 2 N–H and O–H groups in total. The molecule has 4 aromatic rings. The number of ether oxygens (including phenoxy) is 2. The Morgan fingerprint density at radius 3 is 2.32 bits per heavy atom. The molecule has 38 heavy (non-hydrogen) atoms. The van der Waals surface area contributed by atoms with Crippen LogP contribution in [0.3, 0.4) is 0 Å². The van der Waals surface area contributed by atoms with E-state index in [0.29, 0.717) is 29.0 Å². The van der Waals surface area contributed by atoms with Crippen molar-refractivity contribution in [2.24, 2.45) is 0 Å². The molecule has 1 heterocycles. The van der Waals surface area contributed by atoms with Gasteiger partial charge in [-0.05, 0) is 67.6 Å². The van der Waals surface area contributed by atoms with Crippen LogP contribution in [0.2, 0.25) is 0 Å². The molecule has 11 heteroatoms. The summed E-state index contributed by atoms with van der Waals surface area (Å²) in [6.45, 7) is 2.51. The van der Waals surface area contributed by atoms with E-state index >= 15 is 0 Å². The minimum absolute atomic E-state index is 0.121. The largest absolute Gasteiger partial charge is 0.494 e. The number of carbonyl (C=O) groups excluding carboxylic acids is 2. The highest BCUT2D eigenvalue weighted by molar-refractivity contribution is 9.10. The second kappa shape index (κ2) is 13.6. The van der Waals surface area contributed by atoms with Crippen LogP contribution in [0.5, 0.6) is 11.5 Å². The van der Waals surface area contributed by atoms with E-state index in [-0.39, 0.29) is 30.7 Å². The molecule has 0 aliphatic heterocycles. The van der Waals surface area contributed by atoms with E-state index in [0.717, 1.165) is 15.9 Å². The van der Waals surface area contributed by atoms with Crippen molar-refractivity contribution in [2.45, 2.75) is 18.6 Å². The zero-order chi connectivity index (χ0) is 26.7. The maximum Gasteiger partial charge on any atom is 0.258 e. The van der Waals surface area contributed by atoms with E-state index in [1.807, 2.05) is 66.1 Å². The smallest absolute Gasteiger partial charge is 0.258 e. The lowest BCUT2D eigenvalue weighted by atomic mass is 10.3. The first kappa shape index (κ1) is 27.2. The van der Waals surface area contributed by atoms with Crippen molar-refractivity contribution in [1.29, 1.82) is 0 Å². The molecule has 0 radical (unpaired) electrons. The molecule has 0 fully saturated rings. The first-order valence-corrected chi connectivity index (χ1v) is 13.6. The van der Waals surface area contributed by atoms with E-state index in [4.69, 9.17) is 9.47 Å². The lowest BCUT2D eigenvalue weighted by Crippen LogP contribution is -2.29. The number of nitrogens with one attached hydrogen (secondary N) is 2. The monoisotopic (exact) mass is 595 g/mol. The standard InChI is InChI=1S/C27H26BrN5O4S/c1-2-36-23-14-10-20(11-15-23)30-26(35)18-38-27-32-31-24(33(27)21-12-8-19(28)9-13-21)16-29-25(34)17-37-22-6-4-3-5-7-22/h3-15H,2,16-18H2,1H3,(H,29,34)(H,30,35). The van der Waals surface area contributed by atoms with Gasteiger partial charge in [-0.3, -0.25) is 14.2 Å². The van der Waals surface area contributed by atoms with Gasteiger partial charge < -0.3 is 20.1 Å². The van der Waals surface area contributed by atoms with Crippen LogP contribution in [-0.4, -0.2) is 45.5 Å². The lowest BCUT2D eigenvalue weighted by Gasteiger charge is -2.12. The van der Waals surface area contributed by atoms with Gasteiger partial charge in [0.1, 0.15) is 11.5 Å². The molecule has 0 atom stereocenters. The number of benzene rings is 3. The highest BCUT2D eigenvalue weighted by Crippen LogP contribution is 2.24. The van der Waals surface area contributed by atoms with Gasteiger partial charge in [-0.25, -0.2) is 0 Å². The Kier molecular flexibility index (Phi) is 9.77. The molecule has 0 saturated carbocycles. The number of hydrogen-bond acceptors (Lipinski definition) is 7. The predicted octanol–water partition coefficient (Wildman–Crippen LogP) is 4.85. The second-order valence-electron chi connectivity index (χ2n) is 7.88. The summed E-state index contributed by atoms with van der Waals surface area (Å²) in [6, 6.07) is 23.9. The second-order valence-corrected chi connectivity index (χ2v) is 9.74. The van der Waals surface area contributed by atoms with E-state index in [1.165, 1.54) is 11.8 Å². The van der Waals surface area contributed by atoms with Gasteiger partial charge in [-0.15, -0.1) is 10.2 Å². The topological polar surface area (TPSA) is 107 Å². The summed E-state index contributed by atoms with van der Waals surface area (Å²) in [5.74, 6) is 1.53. The molecule has 1 aromatic heterocycles. The highest BCUT2D eigenvalue weighted by atomic mass is 79.9. The third-order valence-corrected chi connectivity index (χ3v) is 6.58. The van der Waals surface area contributed by atoms with Crippen molar-refractivity contribution in [3.8, 4) is 17.2 Å². The van der Waals surface area contributed by atoms with Gasteiger partial charge in [0, 0.05) is 15.8 Å².